The van der Waals surface area contributed by atoms with Gasteiger partial charge in [-0.05, 0) is 36.8 Å². The summed E-state index contributed by atoms with van der Waals surface area (Å²) in [6.07, 6.45) is 2.33. The van der Waals surface area contributed by atoms with Crippen LogP contribution in [-0.4, -0.2) is 39.3 Å². The number of thiophene rings is 1. The molecule has 0 radical (unpaired) electrons. The molecule has 1 aliphatic heterocycles. The second kappa shape index (κ2) is 6.03. The first kappa shape index (κ1) is 13.7. The van der Waals surface area contributed by atoms with Gasteiger partial charge in [0.15, 0.2) is 0 Å². The molecular formula is C14H19N3O2S. The highest BCUT2D eigenvalue weighted by Gasteiger charge is 2.29. The van der Waals surface area contributed by atoms with E-state index in [4.69, 9.17) is 4.52 Å². The zero-order chi connectivity index (χ0) is 13.9. The van der Waals surface area contributed by atoms with E-state index in [1.165, 1.54) is 6.42 Å². The van der Waals surface area contributed by atoms with Crippen molar-refractivity contribution in [3.63, 3.8) is 0 Å². The van der Waals surface area contributed by atoms with E-state index in [1.54, 1.807) is 11.3 Å². The Morgan fingerprint density at radius 3 is 3.20 bits per heavy atom. The van der Waals surface area contributed by atoms with E-state index in [0.717, 1.165) is 18.5 Å². The Labute approximate surface area is 122 Å². The van der Waals surface area contributed by atoms with Crippen LogP contribution in [0.15, 0.2) is 21.3 Å². The fourth-order valence-electron chi connectivity index (χ4n) is 2.83. The standard InChI is InChI=1S/C14H19N3O2S/c1-10-3-2-5-17(12(10)8-18)7-13-15-14(16-19-13)11-4-6-20-9-11/h4,6,9-10,12,18H,2-3,5,7-8H2,1H3. The number of aliphatic hydroxyl groups is 1. The molecule has 1 saturated heterocycles. The summed E-state index contributed by atoms with van der Waals surface area (Å²) in [7, 11) is 0. The van der Waals surface area contributed by atoms with Crippen LogP contribution in [-0.2, 0) is 6.54 Å². The molecule has 5 nitrogen and oxygen atoms in total. The van der Waals surface area contributed by atoms with Crippen LogP contribution in [0.3, 0.4) is 0 Å². The van der Waals surface area contributed by atoms with Crippen molar-refractivity contribution >= 4 is 11.3 Å². The fourth-order valence-corrected chi connectivity index (χ4v) is 3.46. The van der Waals surface area contributed by atoms with Gasteiger partial charge in [-0.2, -0.15) is 16.3 Å². The van der Waals surface area contributed by atoms with E-state index >= 15 is 0 Å². The van der Waals surface area contributed by atoms with E-state index in [0.29, 0.717) is 24.2 Å². The molecule has 2 aromatic heterocycles. The van der Waals surface area contributed by atoms with Crippen molar-refractivity contribution < 1.29 is 9.63 Å². The summed E-state index contributed by atoms with van der Waals surface area (Å²) in [6.45, 7) is 3.97. The van der Waals surface area contributed by atoms with Crippen molar-refractivity contribution in [2.75, 3.05) is 13.2 Å². The molecule has 0 saturated carbocycles. The number of hydrogen-bond donors (Lipinski definition) is 1. The minimum atomic E-state index is 0.187. The number of aromatic nitrogens is 2. The summed E-state index contributed by atoms with van der Waals surface area (Å²) in [5.74, 6) is 1.78. The molecule has 0 aliphatic carbocycles. The van der Waals surface area contributed by atoms with Crippen molar-refractivity contribution in [2.45, 2.75) is 32.4 Å². The summed E-state index contributed by atoms with van der Waals surface area (Å²) in [4.78, 5) is 6.70. The molecule has 2 aromatic rings. The minimum absolute atomic E-state index is 0.187. The highest BCUT2D eigenvalue weighted by atomic mass is 32.1. The Kier molecular flexibility index (Phi) is 4.14. The molecule has 2 atom stereocenters. The largest absolute Gasteiger partial charge is 0.395 e. The summed E-state index contributed by atoms with van der Waals surface area (Å²) >= 11 is 1.62. The number of nitrogens with zero attached hydrogens (tertiary/aromatic N) is 3. The van der Waals surface area contributed by atoms with Crippen LogP contribution in [0.4, 0.5) is 0 Å². The molecule has 1 aliphatic rings. The Morgan fingerprint density at radius 1 is 1.55 bits per heavy atom. The zero-order valence-corrected chi connectivity index (χ0v) is 12.3. The Balaban J connectivity index is 1.71. The fraction of sp³-hybridized carbons (Fsp3) is 0.571. The third-order valence-electron chi connectivity index (χ3n) is 4.00. The molecule has 0 spiro atoms. The number of likely N-dealkylation sites (tertiary alicyclic amines) is 1. The molecule has 3 rings (SSSR count). The second-order valence-electron chi connectivity index (χ2n) is 5.36. The van der Waals surface area contributed by atoms with Gasteiger partial charge in [0, 0.05) is 17.0 Å². The first-order valence-electron chi connectivity index (χ1n) is 6.98. The number of aliphatic hydroxyl groups excluding tert-OH is 1. The van der Waals surface area contributed by atoms with E-state index in [1.807, 2.05) is 16.8 Å². The highest BCUT2D eigenvalue weighted by molar-refractivity contribution is 7.08. The van der Waals surface area contributed by atoms with Crippen LogP contribution in [0.2, 0.25) is 0 Å². The molecule has 20 heavy (non-hydrogen) atoms. The first-order chi connectivity index (χ1) is 9.78. The minimum Gasteiger partial charge on any atom is -0.395 e. The van der Waals surface area contributed by atoms with E-state index in [9.17, 15) is 5.11 Å². The third-order valence-corrected chi connectivity index (χ3v) is 4.69. The van der Waals surface area contributed by atoms with Crippen LogP contribution in [0.5, 0.6) is 0 Å². The van der Waals surface area contributed by atoms with Gasteiger partial charge < -0.3 is 9.63 Å². The molecule has 0 amide bonds. The second-order valence-corrected chi connectivity index (χ2v) is 6.14. The van der Waals surface area contributed by atoms with Gasteiger partial charge in [0.25, 0.3) is 0 Å². The summed E-state index contributed by atoms with van der Waals surface area (Å²) < 4.78 is 5.34. The number of hydrogen-bond acceptors (Lipinski definition) is 6. The average Bonchev–Trinajstić information content (AvgIpc) is 3.09. The van der Waals surface area contributed by atoms with Gasteiger partial charge in [-0.3, -0.25) is 4.90 Å². The molecular weight excluding hydrogens is 274 g/mol. The van der Waals surface area contributed by atoms with Crippen molar-refractivity contribution in [1.29, 1.82) is 0 Å². The van der Waals surface area contributed by atoms with Crippen molar-refractivity contribution in [1.82, 2.24) is 15.0 Å². The lowest BCUT2D eigenvalue weighted by Gasteiger charge is -2.38. The first-order valence-corrected chi connectivity index (χ1v) is 7.92. The maximum atomic E-state index is 9.56. The maximum absolute atomic E-state index is 9.56. The molecule has 3 heterocycles. The van der Waals surface area contributed by atoms with Crippen molar-refractivity contribution in [2.24, 2.45) is 5.92 Å². The van der Waals surface area contributed by atoms with Gasteiger partial charge in [-0.1, -0.05) is 12.1 Å². The monoisotopic (exact) mass is 293 g/mol. The third kappa shape index (κ3) is 2.77. The van der Waals surface area contributed by atoms with Gasteiger partial charge in [-0.15, -0.1) is 0 Å². The Bertz CT molecular complexity index is 540. The highest BCUT2D eigenvalue weighted by Crippen LogP contribution is 2.25. The van der Waals surface area contributed by atoms with Gasteiger partial charge in [0.05, 0.1) is 13.2 Å². The predicted molar refractivity (Wildman–Crippen MR) is 77.3 cm³/mol. The Hall–Kier alpha value is -1.24. The average molecular weight is 293 g/mol. The van der Waals surface area contributed by atoms with Crippen LogP contribution >= 0.6 is 11.3 Å². The van der Waals surface area contributed by atoms with E-state index < -0.39 is 0 Å². The van der Waals surface area contributed by atoms with Crippen LogP contribution in [0, 0.1) is 5.92 Å². The summed E-state index contributed by atoms with van der Waals surface area (Å²) in [5.41, 5.74) is 0.996. The summed E-state index contributed by atoms with van der Waals surface area (Å²) in [6, 6.07) is 2.18. The lowest BCUT2D eigenvalue weighted by molar-refractivity contribution is 0.0400. The molecule has 2 unspecified atom stereocenters. The maximum Gasteiger partial charge on any atom is 0.241 e. The van der Waals surface area contributed by atoms with Crippen LogP contribution in [0.1, 0.15) is 25.7 Å². The van der Waals surface area contributed by atoms with E-state index in [2.05, 4.69) is 22.0 Å². The smallest absolute Gasteiger partial charge is 0.241 e. The topological polar surface area (TPSA) is 62.4 Å². The lowest BCUT2D eigenvalue weighted by atomic mass is 9.91. The molecule has 6 heteroatoms. The van der Waals surface area contributed by atoms with E-state index in [-0.39, 0.29) is 12.6 Å². The normalized spacial score (nSPS) is 24.1. The van der Waals surface area contributed by atoms with Gasteiger partial charge in [0.2, 0.25) is 11.7 Å². The predicted octanol–water partition coefficient (Wildman–Crippen LogP) is 2.39. The SMILES string of the molecule is CC1CCCN(Cc2nc(-c3ccsc3)no2)C1CO. The zero-order valence-electron chi connectivity index (χ0n) is 11.5. The van der Waals surface area contributed by atoms with Gasteiger partial charge >= 0.3 is 0 Å². The number of rotatable bonds is 4. The molecule has 0 bridgehead atoms. The lowest BCUT2D eigenvalue weighted by Crippen LogP contribution is -2.46. The quantitative estimate of drug-likeness (QED) is 0.938. The molecule has 0 aromatic carbocycles. The van der Waals surface area contributed by atoms with Gasteiger partial charge in [-0.25, -0.2) is 0 Å². The number of piperidine rings is 1. The van der Waals surface area contributed by atoms with Crippen LogP contribution < -0.4 is 0 Å². The van der Waals surface area contributed by atoms with Gasteiger partial charge in [0.1, 0.15) is 0 Å². The van der Waals surface area contributed by atoms with Crippen LogP contribution in [0.25, 0.3) is 11.4 Å². The molecule has 1 N–H and O–H groups in total. The molecule has 108 valence electrons. The van der Waals surface area contributed by atoms with Crippen molar-refractivity contribution in [3.05, 3.63) is 22.7 Å². The summed E-state index contributed by atoms with van der Waals surface area (Å²) in [5, 5.41) is 17.6. The molecule has 1 fully saturated rings. The Morgan fingerprint density at radius 2 is 2.45 bits per heavy atom. The van der Waals surface area contributed by atoms with Crippen molar-refractivity contribution in [3.8, 4) is 11.4 Å².